The first-order valence-corrected chi connectivity index (χ1v) is 5.92. The fraction of sp³-hybridized carbons (Fsp3) is 0.583. The molecule has 1 N–H and O–H groups in total. The average Bonchev–Trinajstić information content (AvgIpc) is 2.65. The average molecular weight is 225 g/mol. The van der Waals surface area contributed by atoms with Crippen LogP contribution in [-0.4, -0.2) is 10.5 Å². The molecule has 0 unspecified atom stereocenters. The van der Waals surface area contributed by atoms with Crippen molar-refractivity contribution in [3.8, 4) is 0 Å². The minimum Gasteiger partial charge on any atom is -0.307 e. The number of nitrogens with one attached hydrogen (secondary N) is 1. The van der Waals surface area contributed by atoms with Crippen molar-refractivity contribution in [2.24, 2.45) is 0 Å². The van der Waals surface area contributed by atoms with Crippen LogP contribution in [0.2, 0.25) is 5.15 Å². The van der Waals surface area contributed by atoms with Gasteiger partial charge in [0, 0.05) is 23.8 Å². The van der Waals surface area contributed by atoms with Crippen molar-refractivity contribution in [1.82, 2.24) is 10.3 Å². The molecule has 0 radical (unpaired) electrons. The molecule has 0 saturated heterocycles. The third kappa shape index (κ3) is 2.70. The minimum atomic E-state index is 0.305. The molecule has 1 aromatic rings. The van der Waals surface area contributed by atoms with Gasteiger partial charge in [-0.3, -0.25) is 0 Å². The molecule has 0 aliphatic heterocycles. The Morgan fingerprint density at radius 3 is 2.87 bits per heavy atom. The number of hydrogen-bond acceptors (Lipinski definition) is 2. The first-order chi connectivity index (χ1) is 7.20. The molecule has 1 fully saturated rings. The second-order valence-electron chi connectivity index (χ2n) is 4.57. The molecule has 0 spiro atoms. The van der Waals surface area contributed by atoms with E-state index < -0.39 is 0 Å². The molecule has 0 amide bonds. The maximum atomic E-state index is 6.00. The van der Waals surface area contributed by atoms with Gasteiger partial charge >= 0.3 is 0 Å². The number of halogens is 1. The van der Waals surface area contributed by atoms with Gasteiger partial charge in [-0.2, -0.15) is 0 Å². The van der Waals surface area contributed by atoms with Gasteiger partial charge in [-0.1, -0.05) is 30.5 Å². The number of aromatic nitrogens is 1. The van der Waals surface area contributed by atoms with Gasteiger partial charge in [0.15, 0.2) is 0 Å². The Hall–Kier alpha value is -0.600. The van der Waals surface area contributed by atoms with E-state index in [-0.39, 0.29) is 0 Å². The van der Waals surface area contributed by atoms with E-state index in [0.29, 0.717) is 10.7 Å². The van der Waals surface area contributed by atoms with E-state index in [0.717, 1.165) is 12.1 Å². The van der Waals surface area contributed by atoms with Crippen molar-refractivity contribution in [3.63, 3.8) is 0 Å². The van der Waals surface area contributed by atoms with Crippen LogP contribution in [0.1, 0.15) is 38.2 Å². The summed E-state index contributed by atoms with van der Waals surface area (Å²) < 4.78 is 0. The minimum absolute atomic E-state index is 0.305. The summed E-state index contributed by atoms with van der Waals surface area (Å²) in [6, 6.07) is 3.96. The molecule has 0 bridgehead atoms. The van der Waals surface area contributed by atoms with Gasteiger partial charge in [-0.15, -0.1) is 0 Å². The lowest BCUT2D eigenvalue weighted by Gasteiger charge is -2.25. The molecule has 3 heteroatoms. The Bertz CT molecular complexity index is 332. The highest BCUT2D eigenvalue weighted by atomic mass is 35.5. The van der Waals surface area contributed by atoms with E-state index >= 15 is 0 Å². The summed E-state index contributed by atoms with van der Waals surface area (Å²) in [5.41, 5.74) is 1.39. The van der Waals surface area contributed by atoms with Crippen LogP contribution in [0.4, 0.5) is 0 Å². The lowest BCUT2D eigenvalue weighted by Crippen LogP contribution is -2.38. The highest BCUT2D eigenvalue weighted by molar-refractivity contribution is 6.30. The van der Waals surface area contributed by atoms with Crippen LogP contribution in [-0.2, 0) is 6.54 Å². The van der Waals surface area contributed by atoms with Crippen molar-refractivity contribution in [3.05, 3.63) is 29.0 Å². The molecule has 1 aliphatic rings. The van der Waals surface area contributed by atoms with Crippen molar-refractivity contribution in [2.75, 3.05) is 0 Å². The number of hydrogen-bond donors (Lipinski definition) is 1. The predicted octanol–water partition coefficient (Wildman–Crippen LogP) is 3.16. The summed E-state index contributed by atoms with van der Waals surface area (Å²) in [4.78, 5) is 4.07. The summed E-state index contributed by atoms with van der Waals surface area (Å²) in [6.45, 7) is 3.12. The Balaban J connectivity index is 1.95. The molecule has 1 aromatic heterocycles. The van der Waals surface area contributed by atoms with Crippen LogP contribution in [0.3, 0.4) is 0 Å². The fourth-order valence-corrected chi connectivity index (χ4v) is 2.38. The van der Waals surface area contributed by atoms with Crippen molar-refractivity contribution >= 4 is 11.6 Å². The monoisotopic (exact) mass is 224 g/mol. The summed E-state index contributed by atoms with van der Waals surface area (Å²) in [7, 11) is 0. The van der Waals surface area contributed by atoms with Gasteiger partial charge in [-0.25, -0.2) is 4.98 Å². The van der Waals surface area contributed by atoms with E-state index in [1.165, 1.54) is 25.7 Å². The van der Waals surface area contributed by atoms with Crippen LogP contribution in [0, 0.1) is 0 Å². The third-order valence-electron chi connectivity index (χ3n) is 3.25. The maximum absolute atomic E-state index is 6.00. The Labute approximate surface area is 96.1 Å². The molecular formula is C12H17ClN2. The predicted molar refractivity (Wildman–Crippen MR) is 63.0 cm³/mol. The molecular weight excluding hydrogens is 208 g/mol. The van der Waals surface area contributed by atoms with Crippen LogP contribution in [0.25, 0.3) is 0 Å². The molecule has 15 heavy (non-hydrogen) atoms. The molecule has 82 valence electrons. The Kier molecular flexibility index (Phi) is 3.27. The summed E-state index contributed by atoms with van der Waals surface area (Å²) >= 11 is 6.00. The van der Waals surface area contributed by atoms with Gasteiger partial charge in [-0.05, 0) is 25.8 Å². The SMILES string of the molecule is CC1(NCc2cccnc2Cl)CCCC1. The summed E-state index contributed by atoms with van der Waals surface area (Å²) in [5.74, 6) is 0. The third-order valence-corrected chi connectivity index (χ3v) is 3.59. The quantitative estimate of drug-likeness (QED) is 0.798. The van der Waals surface area contributed by atoms with E-state index in [9.17, 15) is 0 Å². The summed E-state index contributed by atoms with van der Waals surface area (Å²) in [5, 5.41) is 4.21. The maximum Gasteiger partial charge on any atom is 0.133 e. The van der Waals surface area contributed by atoms with E-state index in [2.05, 4.69) is 17.2 Å². The van der Waals surface area contributed by atoms with Crippen molar-refractivity contribution < 1.29 is 0 Å². The zero-order chi connectivity index (χ0) is 10.7. The topological polar surface area (TPSA) is 24.9 Å². The normalized spacial score (nSPS) is 19.3. The number of nitrogens with zero attached hydrogens (tertiary/aromatic N) is 1. The second kappa shape index (κ2) is 4.50. The molecule has 2 rings (SSSR count). The number of pyridine rings is 1. The van der Waals surface area contributed by atoms with Gasteiger partial charge in [0.25, 0.3) is 0 Å². The Morgan fingerprint density at radius 1 is 1.47 bits per heavy atom. The van der Waals surface area contributed by atoms with E-state index in [1.807, 2.05) is 12.1 Å². The van der Waals surface area contributed by atoms with E-state index in [4.69, 9.17) is 11.6 Å². The van der Waals surface area contributed by atoms with Crippen LogP contribution >= 0.6 is 11.6 Å². The Morgan fingerprint density at radius 2 is 2.20 bits per heavy atom. The smallest absolute Gasteiger partial charge is 0.133 e. The first kappa shape index (κ1) is 10.9. The zero-order valence-electron chi connectivity index (χ0n) is 9.09. The molecule has 1 saturated carbocycles. The van der Waals surface area contributed by atoms with Gasteiger partial charge in [0.2, 0.25) is 0 Å². The highest BCUT2D eigenvalue weighted by Gasteiger charge is 2.27. The summed E-state index contributed by atoms with van der Waals surface area (Å²) in [6.07, 6.45) is 6.94. The second-order valence-corrected chi connectivity index (χ2v) is 4.93. The van der Waals surface area contributed by atoms with Crippen LogP contribution in [0.15, 0.2) is 18.3 Å². The van der Waals surface area contributed by atoms with Crippen LogP contribution < -0.4 is 5.32 Å². The van der Waals surface area contributed by atoms with Crippen molar-refractivity contribution in [2.45, 2.75) is 44.7 Å². The zero-order valence-corrected chi connectivity index (χ0v) is 9.85. The molecule has 1 aliphatic carbocycles. The molecule has 2 nitrogen and oxygen atoms in total. The van der Waals surface area contributed by atoms with E-state index in [1.54, 1.807) is 6.20 Å². The van der Waals surface area contributed by atoms with Crippen molar-refractivity contribution in [1.29, 1.82) is 0 Å². The largest absolute Gasteiger partial charge is 0.307 e. The first-order valence-electron chi connectivity index (χ1n) is 5.54. The molecule has 1 heterocycles. The van der Waals surface area contributed by atoms with Gasteiger partial charge in [0.05, 0.1) is 0 Å². The number of rotatable bonds is 3. The lowest BCUT2D eigenvalue weighted by molar-refractivity contribution is 0.362. The van der Waals surface area contributed by atoms with Gasteiger partial charge in [0.1, 0.15) is 5.15 Å². The highest BCUT2D eigenvalue weighted by Crippen LogP contribution is 2.29. The fourth-order valence-electron chi connectivity index (χ4n) is 2.19. The standard InChI is InChI=1S/C12H17ClN2/c1-12(6-2-3-7-12)15-9-10-5-4-8-14-11(10)13/h4-5,8,15H,2-3,6-7,9H2,1H3. The molecule has 0 atom stereocenters. The molecule has 0 aromatic carbocycles. The van der Waals surface area contributed by atoms with Crippen LogP contribution in [0.5, 0.6) is 0 Å². The van der Waals surface area contributed by atoms with Gasteiger partial charge < -0.3 is 5.32 Å². The lowest BCUT2D eigenvalue weighted by atomic mass is 10.0.